The molecule has 1 aliphatic heterocycles. The fraction of sp³-hybridized carbons (Fsp3) is 0.500. The first kappa shape index (κ1) is 23.7. The van der Waals surface area contributed by atoms with Gasteiger partial charge in [-0.3, -0.25) is 4.68 Å². The van der Waals surface area contributed by atoms with Crippen LogP contribution in [0.15, 0.2) is 35.0 Å². The summed E-state index contributed by atoms with van der Waals surface area (Å²) in [5.74, 6) is 0.964. The molecule has 1 saturated heterocycles. The van der Waals surface area contributed by atoms with E-state index in [1.54, 1.807) is 31.4 Å². The Balaban J connectivity index is 1.88. The number of anilines is 2. The molecule has 0 unspecified atom stereocenters. The molecule has 0 aliphatic carbocycles. The monoisotopic (exact) mass is 466 g/mol. The van der Waals surface area contributed by atoms with Crippen molar-refractivity contribution in [3.8, 4) is 11.5 Å². The van der Waals surface area contributed by atoms with Gasteiger partial charge in [-0.25, -0.2) is 4.31 Å². The third-order valence-electron chi connectivity index (χ3n) is 4.67. The predicted molar refractivity (Wildman–Crippen MR) is 118 cm³/mol. The first-order chi connectivity index (χ1) is 15.3. The van der Waals surface area contributed by atoms with E-state index in [0.29, 0.717) is 62.1 Å². The Kier molecular flexibility index (Phi) is 7.80. The van der Waals surface area contributed by atoms with Crippen LogP contribution < -0.4 is 24.2 Å². The van der Waals surface area contributed by atoms with E-state index in [1.165, 1.54) is 10.9 Å². The molecule has 1 aliphatic rings. The summed E-state index contributed by atoms with van der Waals surface area (Å²) < 4.78 is 48.8. The number of aromatic nitrogens is 2. The molecular weight excluding hydrogens is 438 g/mol. The van der Waals surface area contributed by atoms with E-state index >= 15 is 0 Å². The first-order valence-corrected chi connectivity index (χ1v) is 11.8. The summed E-state index contributed by atoms with van der Waals surface area (Å²) in [5.41, 5.74) is 0.648. The standard InChI is InChI=1S/C20H29N5O6S/c1-4-30-18-10-15(11-19(12-18)31-5-2)22-20(26)23-32(27,28)25(16-6-8-29-9-7-16)17-13-21-24(3)14-17/h10-14,16H,4-9H2,1-3H3,(H2,22,23,26)/p-1. The highest BCUT2D eigenvalue weighted by Crippen LogP contribution is 2.28. The Morgan fingerprint density at radius 2 is 1.88 bits per heavy atom. The molecule has 0 amide bonds. The Labute approximate surface area is 187 Å². The second-order valence-electron chi connectivity index (χ2n) is 7.07. The van der Waals surface area contributed by atoms with Gasteiger partial charge in [-0.15, -0.1) is 4.40 Å². The SMILES string of the molecule is CCOc1cc(N/C([O-])=N/S(=O)(=O)N(c2cnn(C)c2)C2CCOCC2)cc(OCC)c1. The van der Waals surface area contributed by atoms with Gasteiger partial charge in [0.05, 0.1) is 37.2 Å². The van der Waals surface area contributed by atoms with Gasteiger partial charge in [-0.05, 0) is 26.7 Å². The first-order valence-electron chi connectivity index (χ1n) is 10.4. The van der Waals surface area contributed by atoms with Crippen molar-refractivity contribution in [2.75, 3.05) is 36.0 Å². The van der Waals surface area contributed by atoms with Gasteiger partial charge in [0, 0.05) is 50.3 Å². The molecule has 32 heavy (non-hydrogen) atoms. The van der Waals surface area contributed by atoms with Crippen LogP contribution in [-0.2, 0) is 22.0 Å². The quantitative estimate of drug-likeness (QED) is 0.432. The third-order valence-corrected chi connectivity index (χ3v) is 6.07. The molecule has 1 fully saturated rings. The zero-order valence-corrected chi connectivity index (χ0v) is 19.2. The van der Waals surface area contributed by atoms with Gasteiger partial charge in [0.25, 0.3) is 0 Å². The van der Waals surface area contributed by atoms with E-state index < -0.39 is 16.2 Å². The Morgan fingerprint density at radius 1 is 1.25 bits per heavy atom. The molecule has 1 aromatic carbocycles. The minimum absolute atomic E-state index is 0.308. The molecule has 0 saturated carbocycles. The van der Waals surface area contributed by atoms with Gasteiger partial charge in [0.2, 0.25) is 0 Å². The summed E-state index contributed by atoms with van der Waals surface area (Å²) in [6.07, 6.45) is 3.97. The normalized spacial score (nSPS) is 15.4. The number of rotatable bonds is 9. The zero-order valence-electron chi connectivity index (χ0n) is 18.4. The van der Waals surface area contributed by atoms with Gasteiger partial charge in [0.15, 0.2) is 0 Å². The van der Waals surface area contributed by atoms with E-state index in [0.717, 1.165) is 4.31 Å². The summed E-state index contributed by atoms with van der Waals surface area (Å²) in [6, 6.07) is 3.42. The van der Waals surface area contributed by atoms with E-state index in [9.17, 15) is 13.5 Å². The van der Waals surface area contributed by atoms with Crippen molar-refractivity contribution < 1.29 is 27.7 Å². The number of hydrogen-bond acceptors (Lipinski definition) is 7. The predicted octanol–water partition coefficient (Wildman–Crippen LogP) is 1.28. The van der Waals surface area contributed by atoms with Crippen molar-refractivity contribution >= 4 is 27.6 Å². The molecule has 2 heterocycles. The zero-order chi connectivity index (χ0) is 23.1. The van der Waals surface area contributed by atoms with Crippen LogP contribution in [-0.4, -0.2) is 56.7 Å². The fourth-order valence-electron chi connectivity index (χ4n) is 3.41. The van der Waals surface area contributed by atoms with Gasteiger partial charge in [0.1, 0.15) is 11.5 Å². The third kappa shape index (κ3) is 6.04. The molecule has 2 aromatic rings. The maximum absolute atomic E-state index is 13.2. The average Bonchev–Trinajstić information content (AvgIpc) is 3.14. The minimum Gasteiger partial charge on any atom is -0.845 e. The lowest BCUT2D eigenvalue weighted by molar-refractivity contribution is -0.213. The number of nitrogens with zero attached hydrogens (tertiary/aromatic N) is 4. The molecule has 0 spiro atoms. The highest BCUT2D eigenvalue weighted by atomic mass is 32.2. The molecule has 12 heteroatoms. The molecule has 1 N–H and O–H groups in total. The summed E-state index contributed by atoms with van der Waals surface area (Å²) in [6.45, 7) is 5.36. The lowest BCUT2D eigenvalue weighted by Crippen LogP contribution is -2.44. The van der Waals surface area contributed by atoms with Crippen LogP contribution in [0, 0.1) is 0 Å². The van der Waals surface area contributed by atoms with E-state index in [4.69, 9.17) is 14.2 Å². The molecule has 0 bridgehead atoms. The Hall–Kier alpha value is -2.99. The highest BCUT2D eigenvalue weighted by molar-refractivity contribution is 7.91. The number of hydrogen-bond donors (Lipinski definition) is 1. The maximum Gasteiger partial charge on any atom is 0.345 e. The summed E-state index contributed by atoms with van der Waals surface area (Å²) in [5, 5.41) is 19.1. The van der Waals surface area contributed by atoms with Crippen molar-refractivity contribution in [2.45, 2.75) is 32.7 Å². The van der Waals surface area contributed by atoms with Crippen molar-refractivity contribution in [2.24, 2.45) is 11.4 Å². The lowest BCUT2D eigenvalue weighted by atomic mass is 10.1. The van der Waals surface area contributed by atoms with Crippen LogP contribution in [0.25, 0.3) is 0 Å². The van der Waals surface area contributed by atoms with E-state index in [-0.39, 0.29) is 6.04 Å². The number of amidine groups is 1. The van der Waals surface area contributed by atoms with Gasteiger partial charge in [-0.2, -0.15) is 13.5 Å². The van der Waals surface area contributed by atoms with Gasteiger partial charge in [-0.1, -0.05) is 0 Å². The maximum atomic E-state index is 13.2. The lowest BCUT2D eigenvalue weighted by Gasteiger charge is -2.32. The highest BCUT2D eigenvalue weighted by Gasteiger charge is 2.32. The second-order valence-corrected chi connectivity index (χ2v) is 8.54. The second kappa shape index (κ2) is 10.6. The molecule has 3 rings (SSSR count). The summed E-state index contributed by atoms with van der Waals surface area (Å²) in [7, 11) is -2.66. The largest absolute Gasteiger partial charge is 0.845 e. The number of nitrogens with one attached hydrogen (secondary N) is 1. The van der Waals surface area contributed by atoms with Crippen molar-refractivity contribution in [1.29, 1.82) is 0 Å². The topological polar surface area (TPSA) is 130 Å². The van der Waals surface area contributed by atoms with Crippen LogP contribution in [0.2, 0.25) is 0 Å². The Bertz CT molecular complexity index is 1010. The molecular formula is C20H28N5O6S-. The van der Waals surface area contributed by atoms with Crippen LogP contribution in [0.1, 0.15) is 26.7 Å². The Morgan fingerprint density at radius 3 is 2.41 bits per heavy atom. The van der Waals surface area contributed by atoms with Crippen LogP contribution in [0.5, 0.6) is 11.5 Å². The van der Waals surface area contributed by atoms with Crippen LogP contribution in [0.3, 0.4) is 0 Å². The van der Waals surface area contributed by atoms with Gasteiger partial charge >= 0.3 is 10.2 Å². The molecule has 0 atom stereocenters. The summed E-state index contributed by atoms with van der Waals surface area (Å²) in [4.78, 5) is 0. The number of aryl methyl sites for hydroxylation is 1. The minimum atomic E-state index is -4.35. The number of benzene rings is 1. The molecule has 176 valence electrons. The van der Waals surface area contributed by atoms with Crippen LogP contribution in [0.4, 0.5) is 11.4 Å². The van der Waals surface area contributed by atoms with Crippen molar-refractivity contribution in [3.05, 3.63) is 30.6 Å². The van der Waals surface area contributed by atoms with E-state index in [2.05, 4.69) is 14.8 Å². The average molecular weight is 467 g/mol. The molecule has 0 radical (unpaired) electrons. The molecule has 11 nitrogen and oxygen atoms in total. The number of ether oxygens (including phenoxy) is 3. The van der Waals surface area contributed by atoms with Crippen molar-refractivity contribution in [1.82, 2.24) is 9.78 Å². The van der Waals surface area contributed by atoms with Crippen LogP contribution >= 0.6 is 0 Å². The fourth-order valence-corrected chi connectivity index (χ4v) is 4.70. The molecule has 1 aromatic heterocycles. The van der Waals surface area contributed by atoms with E-state index in [1.807, 2.05) is 13.8 Å². The van der Waals surface area contributed by atoms with Crippen molar-refractivity contribution in [3.63, 3.8) is 0 Å². The van der Waals surface area contributed by atoms with Gasteiger partial charge < -0.3 is 24.6 Å². The smallest absolute Gasteiger partial charge is 0.345 e. The summed E-state index contributed by atoms with van der Waals surface area (Å²) >= 11 is 0.